The number of hydrazone groups is 1. The van der Waals surface area contributed by atoms with Crippen LogP contribution in [0, 0.1) is 0 Å². The molecular weight excluding hydrogens is 532 g/mol. The van der Waals surface area contributed by atoms with Gasteiger partial charge in [-0.15, -0.1) is 0 Å². The standard InChI is InChI=1S/C25H22N4O7S2/c1-16(30)27-18-8-10-19(11-9-18)38(32,33)36-23-13-17(7-12-22(23)34-2)14-26-29-24(31)15-37-25-28-20-5-3-4-6-21(20)35-25/h3-14H,15H2,1-2H3,(H,27,30)(H,29,31)/b26-14-. The van der Waals surface area contributed by atoms with E-state index in [1.807, 2.05) is 18.2 Å². The quantitative estimate of drug-likeness (QED) is 0.129. The van der Waals surface area contributed by atoms with E-state index in [1.165, 1.54) is 56.6 Å². The summed E-state index contributed by atoms with van der Waals surface area (Å²) in [5.74, 6) is -0.526. The number of thioether (sulfide) groups is 1. The Morgan fingerprint density at radius 3 is 2.55 bits per heavy atom. The molecule has 0 saturated heterocycles. The summed E-state index contributed by atoms with van der Waals surface area (Å²) in [4.78, 5) is 27.5. The summed E-state index contributed by atoms with van der Waals surface area (Å²) in [6.07, 6.45) is 1.34. The average Bonchev–Trinajstić information content (AvgIpc) is 3.31. The molecular formula is C25H22N4O7S2. The van der Waals surface area contributed by atoms with Crippen molar-refractivity contribution in [2.24, 2.45) is 5.10 Å². The van der Waals surface area contributed by atoms with Crippen LogP contribution in [0.2, 0.25) is 0 Å². The van der Waals surface area contributed by atoms with E-state index < -0.39 is 10.1 Å². The number of hydrogen-bond donors (Lipinski definition) is 2. The van der Waals surface area contributed by atoms with E-state index in [0.717, 1.165) is 11.8 Å². The van der Waals surface area contributed by atoms with E-state index in [2.05, 4.69) is 20.8 Å². The Balaban J connectivity index is 1.38. The van der Waals surface area contributed by atoms with Gasteiger partial charge in [-0.1, -0.05) is 23.9 Å². The lowest BCUT2D eigenvalue weighted by Gasteiger charge is -2.12. The number of carbonyl (C=O) groups excluding carboxylic acids is 2. The maximum atomic E-state index is 12.8. The SMILES string of the molecule is COc1ccc(/C=N\NC(=O)CSc2nc3ccccc3o2)cc1OS(=O)(=O)c1ccc(NC(C)=O)cc1. The molecule has 0 aliphatic rings. The molecule has 3 aromatic carbocycles. The molecule has 0 bridgehead atoms. The number of fused-ring (bicyclic) bond motifs is 1. The molecule has 0 aliphatic heterocycles. The number of ether oxygens (including phenoxy) is 1. The lowest BCUT2D eigenvalue weighted by atomic mass is 10.2. The number of benzene rings is 3. The van der Waals surface area contributed by atoms with Crippen molar-refractivity contribution in [1.82, 2.24) is 10.4 Å². The van der Waals surface area contributed by atoms with Crippen LogP contribution >= 0.6 is 11.8 Å². The van der Waals surface area contributed by atoms with Gasteiger partial charge in [-0.05, 0) is 60.2 Å². The number of para-hydroxylation sites is 2. The highest BCUT2D eigenvalue weighted by Gasteiger charge is 2.19. The van der Waals surface area contributed by atoms with Crippen LogP contribution in [0.25, 0.3) is 11.1 Å². The molecule has 11 nitrogen and oxygen atoms in total. The van der Waals surface area contributed by atoms with Gasteiger partial charge in [0.25, 0.3) is 11.1 Å². The molecule has 38 heavy (non-hydrogen) atoms. The van der Waals surface area contributed by atoms with Gasteiger partial charge < -0.3 is 18.7 Å². The number of nitrogens with one attached hydrogen (secondary N) is 2. The number of anilines is 1. The Bertz CT molecular complexity index is 1570. The zero-order chi connectivity index (χ0) is 27.1. The summed E-state index contributed by atoms with van der Waals surface area (Å²) >= 11 is 1.13. The van der Waals surface area contributed by atoms with E-state index in [1.54, 1.807) is 12.1 Å². The average molecular weight is 555 g/mol. The number of rotatable bonds is 10. The van der Waals surface area contributed by atoms with Crippen molar-refractivity contribution in [2.45, 2.75) is 17.0 Å². The normalized spacial score (nSPS) is 11.4. The third kappa shape index (κ3) is 6.89. The van der Waals surface area contributed by atoms with Crippen molar-refractivity contribution in [3.63, 3.8) is 0 Å². The van der Waals surface area contributed by atoms with Crippen LogP contribution in [0.15, 0.2) is 86.4 Å². The highest BCUT2D eigenvalue weighted by molar-refractivity contribution is 7.99. The zero-order valence-electron chi connectivity index (χ0n) is 20.2. The minimum atomic E-state index is -4.21. The Labute approximate surface area is 222 Å². The van der Waals surface area contributed by atoms with Crippen molar-refractivity contribution in [1.29, 1.82) is 0 Å². The Kier molecular flexibility index (Phi) is 8.28. The predicted molar refractivity (Wildman–Crippen MR) is 142 cm³/mol. The van der Waals surface area contributed by atoms with Crippen LogP contribution in [0.3, 0.4) is 0 Å². The second-order valence-corrected chi connectivity index (χ2v) is 10.2. The molecule has 0 saturated carbocycles. The first-order valence-corrected chi connectivity index (χ1v) is 13.4. The number of nitrogens with zero attached hydrogens (tertiary/aromatic N) is 2. The molecule has 196 valence electrons. The largest absolute Gasteiger partial charge is 0.493 e. The van der Waals surface area contributed by atoms with Crippen LogP contribution in [-0.2, 0) is 19.7 Å². The van der Waals surface area contributed by atoms with Gasteiger partial charge in [0.05, 0.1) is 19.1 Å². The fourth-order valence-electron chi connectivity index (χ4n) is 3.16. The number of amides is 2. The third-order valence-electron chi connectivity index (χ3n) is 4.85. The van der Waals surface area contributed by atoms with Gasteiger partial charge in [-0.2, -0.15) is 13.5 Å². The van der Waals surface area contributed by atoms with Crippen LogP contribution in [-0.4, -0.2) is 44.3 Å². The lowest BCUT2D eigenvalue weighted by molar-refractivity contribution is -0.118. The van der Waals surface area contributed by atoms with E-state index in [-0.39, 0.29) is 34.0 Å². The third-order valence-corrected chi connectivity index (χ3v) is 6.93. The molecule has 0 aliphatic carbocycles. The van der Waals surface area contributed by atoms with Crippen molar-refractivity contribution < 1.29 is 31.3 Å². The summed E-state index contributed by atoms with van der Waals surface area (Å²) in [6, 6.07) is 17.3. The Morgan fingerprint density at radius 2 is 1.84 bits per heavy atom. The minimum Gasteiger partial charge on any atom is -0.493 e. The highest BCUT2D eigenvalue weighted by atomic mass is 32.2. The fraction of sp³-hybridized carbons (Fsp3) is 0.120. The fourth-order valence-corrected chi connectivity index (χ4v) is 4.73. The van der Waals surface area contributed by atoms with E-state index in [0.29, 0.717) is 27.6 Å². The first-order chi connectivity index (χ1) is 18.2. The maximum absolute atomic E-state index is 12.8. The van der Waals surface area contributed by atoms with Gasteiger partial charge in [0.1, 0.15) is 10.4 Å². The van der Waals surface area contributed by atoms with Gasteiger partial charge in [-0.3, -0.25) is 9.59 Å². The van der Waals surface area contributed by atoms with Crippen molar-refractivity contribution in [3.05, 3.63) is 72.3 Å². The molecule has 4 aromatic rings. The number of hydrogen-bond acceptors (Lipinski definition) is 10. The van der Waals surface area contributed by atoms with Gasteiger partial charge in [0.2, 0.25) is 5.91 Å². The van der Waals surface area contributed by atoms with E-state index >= 15 is 0 Å². The number of carbonyl (C=O) groups is 2. The molecule has 13 heteroatoms. The first kappa shape index (κ1) is 26.7. The molecule has 1 heterocycles. The van der Waals surface area contributed by atoms with Crippen LogP contribution < -0.4 is 19.7 Å². The summed E-state index contributed by atoms with van der Waals surface area (Å²) in [5, 5.41) is 6.84. The smallest absolute Gasteiger partial charge is 0.339 e. The van der Waals surface area contributed by atoms with E-state index in [4.69, 9.17) is 13.3 Å². The molecule has 1 aromatic heterocycles. The molecule has 2 N–H and O–H groups in total. The van der Waals surface area contributed by atoms with E-state index in [9.17, 15) is 18.0 Å². The summed E-state index contributed by atoms with van der Waals surface area (Å²) in [5.41, 5.74) is 4.63. The van der Waals surface area contributed by atoms with Gasteiger partial charge in [0.15, 0.2) is 17.1 Å². The minimum absolute atomic E-state index is 0.0279. The molecule has 0 unspecified atom stereocenters. The van der Waals surface area contributed by atoms with Crippen LogP contribution in [0.1, 0.15) is 12.5 Å². The molecule has 4 rings (SSSR count). The van der Waals surface area contributed by atoms with Gasteiger partial charge in [-0.25, -0.2) is 10.4 Å². The van der Waals surface area contributed by atoms with Gasteiger partial charge in [0, 0.05) is 12.6 Å². The summed E-state index contributed by atoms with van der Waals surface area (Å²) < 4.78 is 41.7. The zero-order valence-corrected chi connectivity index (χ0v) is 21.8. The van der Waals surface area contributed by atoms with Gasteiger partial charge >= 0.3 is 10.1 Å². The molecule has 0 spiro atoms. The van der Waals surface area contributed by atoms with Crippen LogP contribution in [0.4, 0.5) is 5.69 Å². The molecule has 0 radical (unpaired) electrons. The molecule has 0 atom stereocenters. The first-order valence-electron chi connectivity index (χ1n) is 11.0. The topological polar surface area (TPSA) is 149 Å². The van der Waals surface area contributed by atoms with Crippen molar-refractivity contribution >= 4 is 56.7 Å². The van der Waals surface area contributed by atoms with Crippen molar-refractivity contribution in [3.8, 4) is 11.5 Å². The second kappa shape index (κ2) is 11.8. The maximum Gasteiger partial charge on any atom is 0.339 e. The highest BCUT2D eigenvalue weighted by Crippen LogP contribution is 2.31. The lowest BCUT2D eigenvalue weighted by Crippen LogP contribution is -2.19. The monoisotopic (exact) mass is 554 g/mol. The predicted octanol–water partition coefficient (Wildman–Crippen LogP) is 3.80. The molecule has 2 amide bonds. The number of methoxy groups -OCH3 is 1. The Morgan fingerprint density at radius 1 is 1.08 bits per heavy atom. The summed E-state index contributed by atoms with van der Waals surface area (Å²) in [7, 11) is -2.84. The Hall–Kier alpha value is -4.36. The summed E-state index contributed by atoms with van der Waals surface area (Å²) in [6.45, 7) is 1.35. The number of oxazole rings is 1. The molecule has 0 fully saturated rings. The van der Waals surface area contributed by atoms with Crippen LogP contribution in [0.5, 0.6) is 11.5 Å². The van der Waals surface area contributed by atoms with Crippen molar-refractivity contribution in [2.75, 3.05) is 18.2 Å². The number of aromatic nitrogens is 1. The second-order valence-electron chi connectivity index (χ2n) is 7.68.